The number of nitrogens with one attached hydrogen (secondary N) is 2. The fourth-order valence-corrected chi connectivity index (χ4v) is 2.99. The van der Waals surface area contributed by atoms with Gasteiger partial charge in [0.15, 0.2) is 5.03 Å². The topological polar surface area (TPSA) is 95.1 Å². The summed E-state index contributed by atoms with van der Waals surface area (Å²) < 4.78 is 26.7. The van der Waals surface area contributed by atoms with Gasteiger partial charge in [0, 0.05) is 12.5 Å². The van der Waals surface area contributed by atoms with E-state index in [2.05, 4.69) is 14.7 Å². The molecular weight excluding hydrogens is 302 g/mol. The number of nitrogens with zero attached hydrogens (tertiary/aromatic N) is 1. The average Bonchev–Trinajstić information content (AvgIpc) is 2.97. The van der Waals surface area contributed by atoms with Crippen molar-refractivity contribution >= 4 is 10.0 Å². The molecule has 0 spiro atoms. The first-order chi connectivity index (χ1) is 10.4. The predicted molar refractivity (Wildman–Crippen MR) is 84.0 cm³/mol. The van der Waals surface area contributed by atoms with E-state index < -0.39 is 16.1 Å². The third-order valence-electron chi connectivity index (χ3n) is 3.23. The Balaban J connectivity index is 1.94. The summed E-state index contributed by atoms with van der Waals surface area (Å²) >= 11 is 0. The van der Waals surface area contributed by atoms with Gasteiger partial charge >= 0.3 is 0 Å². The molecule has 0 fully saturated rings. The van der Waals surface area contributed by atoms with Crippen LogP contribution in [0.4, 0.5) is 0 Å². The molecule has 0 amide bonds. The highest BCUT2D eigenvalue weighted by molar-refractivity contribution is 7.89. The Bertz CT molecular complexity index is 696. The summed E-state index contributed by atoms with van der Waals surface area (Å²) in [5, 5.41) is 9.97. The van der Waals surface area contributed by atoms with E-state index in [1.807, 2.05) is 44.2 Å². The highest BCUT2D eigenvalue weighted by atomic mass is 32.2. The number of aliphatic hydroxyl groups excluding tert-OH is 1. The van der Waals surface area contributed by atoms with Gasteiger partial charge in [-0.2, -0.15) is 0 Å². The van der Waals surface area contributed by atoms with Crippen LogP contribution in [-0.4, -0.2) is 36.1 Å². The van der Waals surface area contributed by atoms with Gasteiger partial charge in [-0.05, 0) is 12.0 Å². The lowest BCUT2D eigenvalue weighted by atomic mass is 10.1. The second-order valence-electron chi connectivity index (χ2n) is 5.48. The standard InChI is InChI=1S/C15H21N3O3S/c1-11(2)15-16-10-14(18-15)22(20,21)17-9-13(19)8-12-6-4-3-5-7-12/h3-7,10-11,13,17,19H,8-9H2,1-2H3,(H,16,18). The minimum Gasteiger partial charge on any atom is -0.391 e. The van der Waals surface area contributed by atoms with E-state index in [0.29, 0.717) is 12.2 Å². The normalized spacial score (nSPS) is 13.5. The van der Waals surface area contributed by atoms with Crippen molar-refractivity contribution in [1.29, 1.82) is 0 Å². The molecule has 1 aromatic heterocycles. The predicted octanol–water partition coefficient (Wildman–Crippen LogP) is 1.41. The fraction of sp³-hybridized carbons (Fsp3) is 0.400. The molecule has 0 saturated heterocycles. The average molecular weight is 323 g/mol. The van der Waals surface area contributed by atoms with Crippen molar-refractivity contribution in [1.82, 2.24) is 14.7 Å². The number of hydrogen-bond acceptors (Lipinski definition) is 4. The molecule has 6 nitrogen and oxygen atoms in total. The summed E-state index contributed by atoms with van der Waals surface area (Å²) in [6, 6.07) is 9.43. The Hall–Kier alpha value is -1.70. The maximum Gasteiger partial charge on any atom is 0.257 e. The molecule has 1 aromatic carbocycles. The van der Waals surface area contributed by atoms with Crippen LogP contribution in [0.3, 0.4) is 0 Å². The molecule has 2 aromatic rings. The summed E-state index contributed by atoms with van der Waals surface area (Å²) in [5.74, 6) is 0.734. The minimum absolute atomic E-state index is 0.0168. The summed E-state index contributed by atoms with van der Waals surface area (Å²) in [6.45, 7) is 3.80. The maximum absolute atomic E-state index is 12.1. The molecule has 1 atom stereocenters. The molecule has 0 aliphatic rings. The summed E-state index contributed by atoms with van der Waals surface area (Å²) in [7, 11) is -3.69. The Kier molecular flexibility index (Phi) is 5.33. The maximum atomic E-state index is 12.1. The van der Waals surface area contributed by atoms with E-state index in [1.165, 1.54) is 6.20 Å². The number of hydrogen-bond donors (Lipinski definition) is 3. The van der Waals surface area contributed by atoms with Crippen LogP contribution < -0.4 is 4.72 Å². The van der Waals surface area contributed by atoms with Gasteiger partial charge in [0.25, 0.3) is 10.0 Å². The molecule has 1 unspecified atom stereocenters. The second-order valence-corrected chi connectivity index (χ2v) is 7.22. The van der Waals surface area contributed by atoms with Crippen molar-refractivity contribution in [2.45, 2.75) is 37.3 Å². The molecule has 2 rings (SSSR count). The van der Waals surface area contributed by atoms with Gasteiger partial charge in [-0.1, -0.05) is 44.2 Å². The molecule has 22 heavy (non-hydrogen) atoms. The molecule has 3 N–H and O–H groups in total. The molecule has 0 saturated carbocycles. The van der Waals surface area contributed by atoms with E-state index in [4.69, 9.17) is 0 Å². The highest BCUT2D eigenvalue weighted by Crippen LogP contribution is 2.13. The van der Waals surface area contributed by atoms with E-state index in [1.54, 1.807) is 0 Å². The SMILES string of the molecule is CC(C)c1ncc(S(=O)(=O)NCC(O)Cc2ccccc2)[nH]1. The molecule has 1 heterocycles. The van der Waals surface area contributed by atoms with Crippen molar-refractivity contribution < 1.29 is 13.5 Å². The summed E-state index contributed by atoms with van der Waals surface area (Å²) in [5.41, 5.74) is 0.956. The van der Waals surface area contributed by atoms with Gasteiger partial charge in [0.05, 0.1) is 12.3 Å². The number of aromatic amines is 1. The van der Waals surface area contributed by atoms with E-state index in [0.717, 1.165) is 5.56 Å². The van der Waals surface area contributed by atoms with Crippen molar-refractivity contribution in [3.05, 3.63) is 47.9 Å². The van der Waals surface area contributed by atoms with Gasteiger partial charge in [-0.15, -0.1) is 0 Å². The third-order valence-corrected chi connectivity index (χ3v) is 4.56. The number of aromatic nitrogens is 2. The largest absolute Gasteiger partial charge is 0.391 e. The molecule has 7 heteroatoms. The lowest BCUT2D eigenvalue weighted by Crippen LogP contribution is -2.33. The monoisotopic (exact) mass is 323 g/mol. The van der Waals surface area contributed by atoms with E-state index in [-0.39, 0.29) is 17.5 Å². The number of imidazole rings is 1. The van der Waals surface area contributed by atoms with Crippen molar-refractivity contribution in [2.75, 3.05) is 6.54 Å². The molecule has 120 valence electrons. The van der Waals surface area contributed by atoms with Gasteiger partial charge in [-0.3, -0.25) is 0 Å². The first-order valence-corrected chi connectivity index (χ1v) is 8.63. The molecular formula is C15H21N3O3S. The van der Waals surface area contributed by atoms with Crippen LogP contribution in [0.15, 0.2) is 41.6 Å². The molecule has 0 radical (unpaired) electrons. The van der Waals surface area contributed by atoms with E-state index >= 15 is 0 Å². The van der Waals surface area contributed by atoms with Gasteiger partial charge in [0.2, 0.25) is 0 Å². The van der Waals surface area contributed by atoms with Crippen LogP contribution in [-0.2, 0) is 16.4 Å². The van der Waals surface area contributed by atoms with Crippen LogP contribution in [0.5, 0.6) is 0 Å². The van der Waals surface area contributed by atoms with Crippen molar-refractivity contribution in [3.8, 4) is 0 Å². The number of H-pyrrole nitrogens is 1. The first kappa shape index (κ1) is 16.7. The molecule has 0 aliphatic carbocycles. The zero-order chi connectivity index (χ0) is 16.2. The summed E-state index contributed by atoms with van der Waals surface area (Å²) in [6.07, 6.45) is 0.898. The Labute approximate surface area is 130 Å². The minimum atomic E-state index is -3.69. The van der Waals surface area contributed by atoms with Crippen LogP contribution >= 0.6 is 0 Å². The fourth-order valence-electron chi connectivity index (χ4n) is 1.99. The first-order valence-electron chi connectivity index (χ1n) is 7.15. The zero-order valence-electron chi connectivity index (χ0n) is 12.7. The number of benzene rings is 1. The lowest BCUT2D eigenvalue weighted by Gasteiger charge is -2.11. The number of rotatable bonds is 7. The van der Waals surface area contributed by atoms with Crippen LogP contribution in [0.25, 0.3) is 0 Å². The van der Waals surface area contributed by atoms with Gasteiger partial charge in [-0.25, -0.2) is 18.1 Å². The highest BCUT2D eigenvalue weighted by Gasteiger charge is 2.19. The molecule has 0 aliphatic heterocycles. The number of sulfonamides is 1. The third kappa shape index (κ3) is 4.40. The molecule has 0 bridgehead atoms. The summed E-state index contributed by atoms with van der Waals surface area (Å²) in [4.78, 5) is 6.82. The smallest absolute Gasteiger partial charge is 0.257 e. The van der Waals surface area contributed by atoms with Crippen LogP contribution in [0.1, 0.15) is 31.2 Å². The zero-order valence-corrected chi connectivity index (χ0v) is 13.5. The number of aliphatic hydroxyl groups is 1. The van der Waals surface area contributed by atoms with Crippen LogP contribution in [0, 0.1) is 0 Å². The van der Waals surface area contributed by atoms with E-state index in [9.17, 15) is 13.5 Å². The van der Waals surface area contributed by atoms with Crippen molar-refractivity contribution in [2.24, 2.45) is 0 Å². The lowest BCUT2D eigenvalue weighted by molar-refractivity contribution is 0.179. The Morgan fingerprint density at radius 1 is 1.27 bits per heavy atom. The van der Waals surface area contributed by atoms with Gasteiger partial charge < -0.3 is 10.1 Å². The quantitative estimate of drug-likeness (QED) is 0.718. The van der Waals surface area contributed by atoms with Crippen LogP contribution in [0.2, 0.25) is 0 Å². The second kappa shape index (κ2) is 7.04. The Morgan fingerprint density at radius 2 is 1.95 bits per heavy atom. The van der Waals surface area contributed by atoms with Gasteiger partial charge in [0.1, 0.15) is 5.82 Å². The Morgan fingerprint density at radius 3 is 2.55 bits per heavy atom. The van der Waals surface area contributed by atoms with Crippen molar-refractivity contribution in [3.63, 3.8) is 0 Å².